The number of hydrogen-bond acceptors (Lipinski definition) is 2. The maximum absolute atomic E-state index is 12.3. The van der Waals surface area contributed by atoms with Crippen LogP contribution in [-0.2, 0) is 4.79 Å². The second-order valence-electron chi connectivity index (χ2n) is 5.55. The molecule has 0 aliphatic carbocycles. The minimum atomic E-state index is -4.22. The Kier molecular flexibility index (Phi) is 4.56. The van der Waals surface area contributed by atoms with Crippen LogP contribution in [0, 0.1) is 6.92 Å². The highest BCUT2D eigenvalue weighted by molar-refractivity contribution is 5.99. The smallest absolute Gasteiger partial charge is 0.311 e. The first-order chi connectivity index (χ1) is 9.76. The molecule has 21 heavy (non-hydrogen) atoms. The van der Waals surface area contributed by atoms with E-state index in [1.165, 1.54) is 6.92 Å². The lowest BCUT2D eigenvalue weighted by molar-refractivity contribution is -0.140. The van der Waals surface area contributed by atoms with Crippen LogP contribution < -0.4 is 10.2 Å². The number of carbonyl (C=O) groups is 1. The van der Waals surface area contributed by atoms with Crippen molar-refractivity contribution in [3.05, 3.63) is 29.8 Å². The number of rotatable bonds is 4. The number of anilines is 1. The Morgan fingerprint density at radius 1 is 1.33 bits per heavy atom. The molecule has 2 atom stereocenters. The molecule has 0 aromatic heterocycles. The molecule has 1 aliphatic heterocycles. The van der Waals surface area contributed by atoms with E-state index >= 15 is 0 Å². The van der Waals surface area contributed by atoms with Crippen molar-refractivity contribution in [3.8, 4) is 0 Å². The van der Waals surface area contributed by atoms with E-state index in [1.807, 2.05) is 31.2 Å². The summed E-state index contributed by atoms with van der Waals surface area (Å²) in [4.78, 5) is 13.9. The molecule has 0 unspecified atom stereocenters. The van der Waals surface area contributed by atoms with Crippen LogP contribution in [0.3, 0.4) is 0 Å². The number of nitrogens with zero attached hydrogens (tertiary/aromatic N) is 1. The first kappa shape index (κ1) is 15.8. The average Bonchev–Trinajstić information content (AvgIpc) is 2.70. The van der Waals surface area contributed by atoms with Gasteiger partial charge in [-0.15, -0.1) is 0 Å². The molecular formula is C15H19F3N2O. The summed E-state index contributed by atoms with van der Waals surface area (Å²) in [6.07, 6.45) is -4.62. The van der Waals surface area contributed by atoms with Crippen LogP contribution in [0.5, 0.6) is 0 Å². The Hall–Kier alpha value is -1.56. The monoisotopic (exact) mass is 300 g/mol. The van der Waals surface area contributed by atoms with Crippen molar-refractivity contribution < 1.29 is 18.0 Å². The van der Waals surface area contributed by atoms with Gasteiger partial charge in [0.15, 0.2) is 0 Å². The Balaban J connectivity index is 1.97. The molecule has 1 aromatic carbocycles. The Morgan fingerprint density at radius 2 is 1.95 bits per heavy atom. The summed E-state index contributed by atoms with van der Waals surface area (Å²) in [7, 11) is 0. The van der Waals surface area contributed by atoms with Crippen LogP contribution in [0.15, 0.2) is 24.3 Å². The van der Waals surface area contributed by atoms with E-state index in [2.05, 4.69) is 5.32 Å². The summed E-state index contributed by atoms with van der Waals surface area (Å²) >= 11 is 0. The molecule has 116 valence electrons. The molecular weight excluding hydrogens is 281 g/mol. The fourth-order valence-corrected chi connectivity index (χ4v) is 2.57. The minimum Gasteiger partial charge on any atom is -0.311 e. The van der Waals surface area contributed by atoms with Crippen LogP contribution in [0.4, 0.5) is 18.9 Å². The van der Waals surface area contributed by atoms with Crippen LogP contribution >= 0.6 is 0 Å². The molecule has 6 heteroatoms. The normalized spacial score (nSPS) is 20.9. The van der Waals surface area contributed by atoms with E-state index in [1.54, 1.807) is 4.90 Å². The molecule has 0 saturated carbocycles. The highest BCUT2D eigenvalue weighted by Gasteiger charge is 2.36. The van der Waals surface area contributed by atoms with Gasteiger partial charge in [-0.1, -0.05) is 17.7 Å². The Morgan fingerprint density at radius 3 is 2.52 bits per heavy atom. The van der Waals surface area contributed by atoms with Gasteiger partial charge in [0.1, 0.15) is 0 Å². The van der Waals surface area contributed by atoms with Gasteiger partial charge in [0.05, 0.1) is 12.5 Å². The van der Waals surface area contributed by atoms with Gasteiger partial charge in [0, 0.05) is 18.3 Å². The van der Waals surface area contributed by atoms with Gasteiger partial charge < -0.3 is 10.2 Å². The van der Waals surface area contributed by atoms with Gasteiger partial charge in [0.2, 0.25) is 5.91 Å². The highest BCUT2D eigenvalue weighted by atomic mass is 19.4. The van der Waals surface area contributed by atoms with E-state index in [-0.39, 0.29) is 5.91 Å². The van der Waals surface area contributed by atoms with E-state index in [0.717, 1.165) is 11.3 Å². The van der Waals surface area contributed by atoms with Crippen LogP contribution in [0.25, 0.3) is 0 Å². The molecule has 1 aromatic rings. The number of nitrogens with one attached hydrogen (secondary N) is 1. The van der Waals surface area contributed by atoms with Crippen molar-refractivity contribution in [2.75, 3.05) is 11.4 Å². The molecule has 2 rings (SSSR count). The fraction of sp³-hybridized carbons (Fsp3) is 0.533. The zero-order chi connectivity index (χ0) is 15.6. The standard InChI is InChI=1S/C15H19F3N2O/c1-10-3-5-12(6-4-10)20-8-7-13(14(20)21)19-11(2)9-15(16,17)18/h3-6,11,13,19H,7-9H2,1-2H3/t11-,13-/m0/s1. The van der Waals surface area contributed by atoms with Crippen LogP contribution in [0.2, 0.25) is 0 Å². The maximum atomic E-state index is 12.3. The fourth-order valence-electron chi connectivity index (χ4n) is 2.57. The van der Waals surface area contributed by atoms with E-state index < -0.39 is 24.7 Å². The predicted octanol–water partition coefficient (Wildman–Crippen LogP) is 3.03. The highest BCUT2D eigenvalue weighted by Crippen LogP contribution is 2.24. The number of alkyl halides is 3. The van der Waals surface area contributed by atoms with Crippen LogP contribution in [-0.4, -0.2) is 30.7 Å². The number of hydrogen-bond donors (Lipinski definition) is 1. The molecule has 1 heterocycles. The predicted molar refractivity (Wildman–Crippen MR) is 75.2 cm³/mol. The summed E-state index contributed by atoms with van der Waals surface area (Å²) in [6.45, 7) is 3.94. The second kappa shape index (κ2) is 6.05. The van der Waals surface area contributed by atoms with Crippen molar-refractivity contribution in [1.29, 1.82) is 0 Å². The zero-order valence-electron chi connectivity index (χ0n) is 12.1. The third-order valence-corrected chi connectivity index (χ3v) is 3.57. The van der Waals surface area contributed by atoms with Crippen molar-refractivity contribution >= 4 is 11.6 Å². The number of aryl methyl sites for hydroxylation is 1. The van der Waals surface area contributed by atoms with E-state index in [0.29, 0.717) is 13.0 Å². The van der Waals surface area contributed by atoms with E-state index in [9.17, 15) is 18.0 Å². The van der Waals surface area contributed by atoms with Gasteiger partial charge in [-0.3, -0.25) is 4.79 Å². The first-order valence-corrected chi connectivity index (χ1v) is 6.97. The summed E-state index contributed by atoms with van der Waals surface area (Å²) in [5.74, 6) is -0.159. The molecule has 0 bridgehead atoms. The number of halogens is 3. The molecule has 0 spiro atoms. The molecule has 1 amide bonds. The van der Waals surface area contributed by atoms with Gasteiger partial charge in [0.25, 0.3) is 0 Å². The lowest BCUT2D eigenvalue weighted by Crippen LogP contribution is -2.44. The molecule has 1 saturated heterocycles. The van der Waals surface area contributed by atoms with Gasteiger partial charge in [-0.2, -0.15) is 13.2 Å². The number of carbonyl (C=O) groups excluding carboxylic acids is 1. The third-order valence-electron chi connectivity index (χ3n) is 3.57. The molecule has 0 radical (unpaired) electrons. The van der Waals surface area contributed by atoms with Gasteiger partial charge >= 0.3 is 6.18 Å². The van der Waals surface area contributed by atoms with Crippen molar-refractivity contribution in [3.63, 3.8) is 0 Å². The van der Waals surface area contributed by atoms with Crippen molar-refractivity contribution in [2.24, 2.45) is 0 Å². The van der Waals surface area contributed by atoms with Gasteiger partial charge in [-0.05, 0) is 32.4 Å². The molecule has 1 aliphatic rings. The first-order valence-electron chi connectivity index (χ1n) is 6.97. The lowest BCUT2D eigenvalue weighted by Gasteiger charge is -2.21. The lowest BCUT2D eigenvalue weighted by atomic mass is 10.1. The summed E-state index contributed by atoms with van der Waals surface area (Å²) in [5, 5.41) is 2.79. The van der Waals surface area contributed by atoms with E-state index in [4.69, 9.17) is 0 Å². The number of benzene rings is 1. The van der Waals surface area contributed by atoms with Crippen molar-refractivity contribution in [1.82, 2.24) is 5.32 Å². The summed E-state index contributed by atoms with van der Waals surface area (Å²) in [5.41, 5.74) is 1.89. The molecule has 1 fully saturated rings. The van der Waals surface area contributed by atoms with Crippen molar-refractivity contribution in [2.45, 2.75) is 44.9 Å². The average molecular weight is 300 g/mol. The Labute approximate surface area is 122 Å². The van der Waals surface area contributed by atoms with Gasteiger partial charge in [-0.25, -0.2) is 0 Å². The number of amides is 1. The third kappa shape index (κ3) is 4.20. The topological polar surface area (TPSA) is 32.3 Å². The Bertz CT molecular complexity index is 499. The minimum absolute atomic E-state index is 0.159. The SMILES string of the molecule is Cc1ccc(N2CC[C@H](N[C@@H](C)CC(F)(F)F)C2=O)cc1. The van der Waals surface area contributed by atoms with Crippen LogP contribution in [0.1, 0.15) is 25.3 Å². The summed E-state index contributed by atoms with van der Waals surface area (Å²) in [6, 6.07) is 6.23. The largest absolute Gasteiger partial charge is 0.390 e. The maximum Gasteiger partial charge on any atom is 0.390 e. The summed E-state index contributed by atoms with van der Waals surface area (Å²) < 4.78 is 37.0. The zero-order valence-corrected chi connectivity index (χ0v) is 12.1. The molecule has 1 N–H and O–H groups in total. The molecule has 3 nitrogen and oxygen atoms in total. The second-order valence-corrected chi connectivity index (χ2v) is 5.55. The quantitative estimate of drug-likeness (QED) is 0.927.